The van der Waals surface area contributed by atoms with E-state index in [4.69, 9.17) is 0 Å². The molecule has 0 heterocycles. The summed E-state index contributed by atoms with van der Waals surface area (Å²) in [6, 6.07) is 12.5. The predicted molar refractivity (Wildman–Crippen MR) is 98.4 cm³/mol. The second-order valence-corrected chi connectivity index (χ2v) is 9.73. The molecular formula is C16H16BrNO4S2. The molecule has 0 aliphatic rings. The lowest BCUT2D eigenvalue weighted by molar-refractivity contribution is 0.592. The van der Waals surface area contributed by atoms with Gasteiger partial charge in [-0.1, -0.05) is 24.3 Å². The van der Waals surface area contributed by atoms with E-state index in [9.17, 15) is 16.8 Å². The largest absolute Gasteiger partial charge is 0.265 e. The standard InChI is InChI=1S/C16H16BrNO4S2/c1-3-11-18(13-7-5-4-6-8-13)24(21,22)16-12-14(23(2,19)20)9-10-15(16)17/h3-10,12H,1,11H2,2H3. The van der Waals surface area contributed by atoms with Crippen LogP contribution in [0, 0.1) is 0 Å². The number of halogens is 1. The number of hydrogen-bond donors (Lipinski definition) is 0. The van der Waals surface area contributed by atoms with Crippen LogP contribution in [0.2, 0.25) is 0 Å². The SMILES string of the molecule is C=CCN(c1ccccc1)S(=O)(=O)c1cc(S(C)(=O)=O)ccc1Br. The van der Waals surface area contributed by atoms with Crippen LogP contribution in [0.3, 0.4) is 0 Å². The number of nitrogens with zero attached hydrogens (tertiary/aromatic N) is 1. The highest BCUT2D eigenvalue weighted by Crippen LogP contribution is 2.30. The van der Waals surface area contributed by atoms with E-state index >= 15 is 0 Å². The summed E-state index contributed by atoms with van der Waals surface area (Å²) in [5, 5.41) is 0. The minimum atomic E-state index is -3.98. The Labute approximate surface area is 150 Å². The van der Waals surface area contributed by atoms with E-state index in [1.165, 1.54) is 22.5 Å². The predicted octanol–water partition coefficient (Wildman–Crippen LogP) is 3.23. The quantitative estimate of drug-likeness (QED) is 0.660. The second-order valence-electron chi connectivity index (χ2n) is 5.02. The van der Waals surface area contributed by atoms with Gasteiger partial charge in [-0.15, -0.1) is 6.58 Å². The van der Waals surface area contributed by atoms with Gasteiger partial charge in [0.25, 0.3) is 10.0 Å². The van der Waals surface area contributed by atoms with Crippen LogP contribution >= 0.6 is 15.9 Å². The van der Waals surface area contributed by atoms with Gasteiger partial charge in [0, 0.05) is 10.7 Å². The van der Waals surface area contributed by atoms with E-state index in [0.717, 1.165) is 12.3 Å². The fraction of sp³-hybridized carbons (Fsp3) is 0.125. The van der Waals surface area contributed by atoms with Crippen molar-refractivity contribution < 1.29 is 16.8 Å². The van der Waals surface area contributed by atoms with Crippen molar-refractivity contribution in [2.24, 2.45) is 0 Å². The van der Waals surface area contributed by atoms with Gasteiger partial charge in [0.1, 0.15) is 4.90 Å². The maximum absolute atomic E-state index is 13.1. The molecule has 2 aromatic carbocycles. The molecule has 0 aliphatic carbocycles. The molecule has 0 saturated heterocycles. The first-order valence-electron chi connectivity index (χ1n) is 6.86. The molecule has 0 spiro atoms. The monoisotopic (exact) mass is 429 g/mol. The van der Waals surface area contributed by atoms with Gasteiger partial charge >= 0.3 is 0 Å². The van der Waals surface area contributed by atoms with E-state index < -0.39 is 19.9 Å². The first-order chi connectivity index (χ1) is 11.2. The summed E-state index contributed by atoms with van der Waals surface area (Å²) in [5.41, 5.74) is 0.467. The minimum Gasteiger partial charge on any atom is -0.263 e. The number of benzene rings is 2. The third-order valence-electron chi connectivity index (χ3n) is 3.24. The normalized spacial score (nSPS) is 11.9. The average Bonchev–Trinajstić information content (AvgIpc) is 2.52. The van der Waals surface area contributed by atoms with Gasteiger partial charge in [-0.05, 0) is 46.3 Å². The maximum atomic E-state index is 13.1. The number of rotatable bonds is 6. The molecule has 0 fully saturated rings. The highest BCUT2D eigenvalue weighted by atomic mass is 79.9. The molecule has 0 amide bonds. The van der Waals surface area contributed by atoms with Gasteiger partial charge in [0.05, 0.1) is 17.1 Å². The van der Waals surface area contributed by atoms with Crippen molar-refractivity contribution in [3.8, 4) is 0 Å². The Morgan fingerprint density at radius 1 is 1.08 bits per heavy atom. The zero-order chi connectivity index (χ0) is 18.0. The first-order valence-corrected chi connectivity index (χ1v) is 11.0. The molecule has 0 atom stereocenters. The van der Waals surface area contributed by atoms with E-state index in [-0.39, 0.29) is 16.3 Å². The molecular weight excluding hydrogens is 414 g/mol. The highest BCUT2D eigenvalue weighted by Gasteiger charge is 2.27. The molecule has 0 N–H and O–H groups in total. The van der Waals surface area contributed by atoms with Crippen LogP contribution < -0.4 is 4.31 Å². The van der Waals surface area contributed by atoms with Gasteiger partial charge < -0.3 is 0 Å². The zero-order valence-electron chi connectivity index (χ0n) is 12.9. The lowest BCUT2D eigenvalue weighted by Crippen LogP contribution is -2.31. The van der Waals surface area contributed by atoms with Gasteiger partial charge in [0.2, 0.25) is 0 Å². The smallest absolute Gasteiger partial charge is 0.263 e. The Hall–Kier alpha value is -1.64. The van der Waals surface area contributed by atoms with Gasteiger partial charge in [0.15, 0.2) is 9.84 Å². The molecule has 2 aromatic rings. The summed E-state index contributed by atoms with van der Waals surface area (Å²) in [5.74, 6) is 0. The van der Waals surface area contributed by atoms with Gasteiger partial charge in [-0.3, -0.25) is 4.31 Å². The molecule has 0 radical (unpaired) electrons. The molecule has 0 unspecified atom stereocenters. The van der Waals surface area contributed by atoms with Crippen molar-refractivity contribution in [2.75, 3.05) is 17.1 Å². The number of sulfonamides is 1. The molecule has 5 nitrogen and oxygen atoms in total. The summed E-state index contributed by atoms with van der Waals surface area (Å²) >= 11 is 3.20. The number of para-hydroxylation sites is 1. The lowest BCUT2D eigenvalue weighted by atomic mass is 10.3. The van der Waals surface area contributed by atoms with E-state index in [1.54, 1.807) is 30.3 Å². The molecule has 2 rings (SSSR count). The zero-order valence-corrected chi connectivity index (χ0v) is 16.1. The van der Waals surface area contributed by atoms with Gasteiger partial charge in [-0.2, -0.15) is 0 Å². The molecule has 0 saturated carbocycles. The lowest BCUT2D eigenvalue weighted by Gasteiger charge is -2.24. The average molecular weight is 430 g/mol. The third kappa shape index (κ3) is 3.88. The van der Waals surface area contributed by atoms with Crippen molar-refractivity contribution in [2.45, 2.75) is 9.79 Å². The number of hydrogen-bond acceptors (Lipinski definition) is 4. The molecule has 8 heteroatoms. The van der Waals surface area contributed by atoms with Crippen LogP contribution in [0.1, 0.15) is 0 Å². The van der Waals surface area contributed by atoms with Crippen LogP contribution in [-0.2, 0) is 19.9 Å². The summed E-state index contributed by atoms with van der Waals surface area (Å²) in [7, 11) is -7.51. The van der Waals surface area contributed by atoms with Crippen molar-refractivity contribution in [1.29, 1.82) is 0 Å². The Morgan fingerprint density at radius 2 is 1.71 bits per heavy atom. The summed E-state index contributed by atoms with van der Waals surface area (Å²) in [6.45, 7) is 3.66. The highest BCUT2D eigenvalue weighted by molar-refractivity contribution is 9.10. The third-order valence-corrected chi connectivity index (χ3v) is 7.14. The maximum Gasteiger partial charge on any atom is 0.265 e. The van der Waals surface area contributed by atoms with Crippen molar-refractivity contribution in [1.82, 2.24) is 0 Å². The molecule has 0 aliphatic heterocycles. The van der Waals surface area contributed by atoms with Crippen LogP contribution in [0.4, 0.5) is 5.69 Å². The number of anilines is 1. The molecule has 0 bridgehead atoms. The van der Waals surface area contributed by atoms with Crippen LogP contribution in [-0.4, -0.2) is 29.6 Å². The van der Waals surface area contributed by atoms with Crippen LogP contribution in [0.15, 0.2) is 75.4 Å². The van der Waals surface area contributed by atoms with Gasteiger partial charge in [-0.25, -0.2) is 16.8 Å². The Kier molecular flexibility index (Phi) is 5.52. The molecule has 0 aromatic heterocycles. The summed E-state index contributed by atoms with van der Waals surface area (Å²) < 4.78 is 51.1. The van der Waals surface area contributed by atoms with E-state index in [0.29, 0.717) is 10.2 Å². The van der Waals surface area contributed by atoms with E-state index in [1.807, 2.05) is 0 Å². The van der Waals surface area contributed by atoms with Crippen molar-refractivity contribution >= 4 is 41.5 Å². The summed E-state index contributed by atoms with van der Waals surface area (Å²) in [6.07, 6.45) is 2.50. The molecule has 24 heavy (non-hydrogen) atoms. The van der Waals surface area contributed by atoms with Crippen molar-refractivity contribution in [3.63, 3.8) is 0 Å². The molecule has 128 valence electrons. The van der Waals surface area contributed by atoms with Crippen LogP contribution in [0.5, 0.6) is 0 Å². The van der Waals surface area contributed by atoms with Crippen LogP contribution in [0.25, 0.3) is 0 Å². The Bertz CT molecular complexity index is 955. The summed E-state index contributed by atoms with van der Waals surface area (Å²) in [4.78, 5) is -0.174. The first kappa shape index (κ1) is 18.7. The fourth-order valence-corrected chi connectivity index (χ4v) is 5.20. The second kappa shape index (κ2) is 7.08. The topological polar surface area (TPSA) is 71.5 Å². The van der Waals surface area contributed by atoms with E-state index in [2.05, 4.69) is 22.5 Å². The Balaban J connectivity index is 2.66. The minimum absolute atomic E-state index is 0.0574. The van der Waals surface area contributed by atoms with Crippen molar-refractivity contribution in [3.05, 3.63) is 65.7 Å². The fourth-order valence-electron chi connectivity index (χ4n) is 2.08. The Morgan fingerprint density at radius 3 is 2.25 bits per heavy atom. The number of sulfone groups is 1.